The van der Waals surface area contributed by atoms with E-state index in [1.807, 2.05) is 50.4 Å². The summed E-state index contributed by atoms with van der Waals surface area (Å²) < 4.78 is 12.2. The molecule has 1 aliphatic rings. The van der Waals surface area contributed by atoms with Crippen molar-refractivity contribution in [2.75, 3.05) is 13.6 Å². The molecule has 25 heavy (non-hydrogen) atoms. The number of carbonyl (C=O) groups excluding carboxylic acids is 1. The van der Waals surface area contributed by atoms with Crippen LogP contribution in [0.3, 0.4) is 0 Å². The third kappa shape index (κ3) is 2.76. The topological polar surface area (TPSA) is 68.7 Å². The molecule has 0 aliphatic carbocycles. The van der Waals surface area contributed by atoms with E-state index in [4.69, 9.17) is 14.9 Å². The van der Waals surface area contributed by atoms with E-state index in [1.54, 1.807) is 6.07 Å². The summed E-state index contributed by atoms with van der Waals surface area (Å²) >= 11 is 0. The highest BCUT2D eigenvalue weighted by Gasteiger charge is 2.28. The Hall–Kier alpha value is -2.79. The number of hydrogen-bond donors (Lipinski definition) is 1. The maximum Gasteiger partial charge on any atom is 0.249 e. The lowest BCUT2D eigenvalue weighted by Crippen LogP contribution is -2.32. The van der Waals surface area contributed by atoms with Crippen molar-refractivity contribution in [3.8, 4) is 5.75 Å². The van der Waals surface area contributed by atoms with E-state index in [0.29, 0.717) is 5.56 Å². The minimum Gasteiger partial charge on any atom is -0.484 e. The van der Waals surface area contributed by atoms with E-state index >= 15 is 0 Å². The SMILES string of the molecule is Cc1cc2c(o1)CN(C)CC2Oc1ccc(C(N)=O)c2ccccc12. The average molecular weight is 336 g/mol. The summed E-state index contributed by atoms with van der Waals surface area (Å²) in [5, 5.41) is 1.69. The van der Waals surface area contributed by atoms with Crippen molar-refractivity contribution in [2.45, 2.75) is 19.6 Å². The molecule has 3 aromatic rings. The summed E-state index contributed by atoms with van der Waals surface area (Å²) in [4.78, 5) is 13.9. The van der Waals surface area contributed by atoms with Gasteiger partial charge in [-0.05, 0) is 37.6 Å². The summed E-state index contributed by atoms with van der Waals surface area (Å²) in [6, 6.07) is 13.3. The zero-order valence-electron chi connectivity index (χ0n) is 14.3. The number of hydrogen-bond acceptors (Lipinski definition) is 4. The molecule has 1 aromatic heterocycles. The van der Waals surface area contributed by atoms with Gasteiger partial charge in [0, 0.05) is 23.1 Å². The number of aryl methyl sites for hydroxylation is 1. The van der Waals surface area contributed by atoms with E-state index in [-0.39, 0.29) is 6.10 Å². The quantitative estimate of drug-likeness (QED) is 0.796. The number of likely N-dealkylation sites (N-methyl/N-ethyl adjacent to an activating group) is 1. The number of nitrogens with zero attached hydrogens (tertiary/aromatic N) is 1. The lowest BCUT2D eigenvalue weighted by Gasteiger charge is -2.29. The Kier molecular flexibility index (Phi) is 3.73. The molecule has 0 saturated heterocycles. The van der Waals surface area contributed by atoms with Crippen molar-refractivity contribution >= 4 is 16.7 Å². The predicted octanol–water partition coefficient (Wildman–Crippen LogP) is 3.41. The molecule has 128 valence electrons. The van der Waals surface area contributed by atoms with Crippen LogP contribution in [0.1, 0.15) is 33.5 Å². The molecule has 0 radical (unpaired) electrons. The van der Waals surface area contributed by atoms with Crippen LogP contribution in [0.4, 0.5) is 0 Å². The summed E-state index contributed by atoms with van der Waals surface area (Å²) in [5.41, 5.74) is 7.10. The summed E-state index contributed by atoms with van der Waals surface area (Å²) in [5.74, 6) is 2.15. The largest absolute Gasteiger partial charge is 0.484 e. The summed E-state index contributed by atoms with van der Waals surface area (Å²) in [6.07, 6.45) is -0.117. The molecular formula is C20H20N2O3. The van der Waals surface area contributed by atoms with Crippen LogP contribution in [0.15, 0.2) is 46.9 Å². The molecule has 4 rings (SSSR count). The molecular weight excluding hydrogens is 316 g/mol. The number of benzene rings is 2. The van der Waals surface area contributed by atoms with E-state index < -0.39 is 5.91 Å². The number of ether oxygens (including phenoxy) is 1. The number of furan rings is 1. The molecule has 0 saturated carbocycles. The van der Waals surface area contributed by atoms with E-state index in [9.17, 15) is 4.79 Å². The Balaban J connectivity index is 1.77. The number of amides is 1. The zero-order valence-corrected chi connectivity index (χ0v) is 14.3. The third-order valence-corrected chi connectivity index (χ3v) is 4.62. The summed E-state index contributed by atoms with van der Waals surface area (Å²) in [6.45, 7) is 3.51. The van der Waals surface area contributed by atoms with Gasteiger partial charge in [0.2, 0.25) is 5.91 Å². The molecule has 2 N–H and O–H groups in total. The highest BCUT2D eigenvalue weighted by atomic mass is 16.5. The Morgan fingerprint density at radius 3 is 2.76 bits per heavy atom. The van der Waals surface area contributed by atoms with Crippen LogP contribution in [-0.4, -0.2) is 24.4 Å². The minimum atomic E-state index is -0.437. The van der Waals surface area contributed by atoms with Crippen LogP contribution in [0.2, 0.25) is 0 Å². The van der Waals surface area contributed by atoms with Gasteiger partial charge in [-0.15, -0.1) is 0 Å². The normalized spacial score (nSPS) is 17.4. The zero-order chi connectivity index (χ0) is 17.6. The second-order valence-electron chi connectivity index (χ2n) is 6.56. The van der Waals surface area contributed by atoms with Crippen LogP contribution in [-0.2, 0) is 6.54 Å². The molecule has 0 bridgehead atoms. The van der Waals surface area contributed by atoms with Gasteiger partial charge >= 0.3 is 0 Å². The Labute approximate surface area is 146 Å². The molecule has 0 fully saturated rings. The van der Waals surface area contributed by atoms with E-state index in [2.05, 4.69) is 4.90 Å². The first-order valence-electron chi connectivity index (χ1n) is 8.29. The van der Waals surface area contributed by atoms with Crippen molar-refractivity contribution in [1.29, 1.82) is 0 Å². The van der Waals surface area contributed by atoms with Gasteiger partial charge in [-0.25, -0.2) is 0 Å². The maximum atomic E-state index is 11.7. The van der Waals surface area contributed by atoms with Crippen molar-refractivity contribution in [3.63, 3.8) is 0 Å². The standard InChI is InChI=1S/C20H20N2O3/c1-12-9-16-18(24-12)10-22(2)11-19(16)25-17-8-7-15(20(21)23)13-5-3-4-6-14(13)17/h3-9,19H,10-11H2,1-2H3,(H2,21,23). The van der Waals surface area contributed by atoms with Crippen LogP contribution in [0.5, 0.6) is 5.75 Å². The van der Waals surface area contributed by atoms with Gasteiger partial charge in [0.05, 0.1) is 6.54 Å². The molecule has 0 spiro atoms. The smallest absolute Gasteiger partial charge is 0.249 e. The molecule has 1 aliphatic heterocycles. The predicted molar refractivity (Wildman–Crippen MR) is 95.6 cm³/mol. The van der Waals surface area contributed by atoms with Gasteiger partial charge < -0.3 is 14.9 Å². The van der Waals surface area contributed by atoms with E-state index in [0.717, 1.165) is 46.7 Å². The average Bonchev–Trinajstić information content (AvgIpc) is 2.95. The minimum absolute atomic E-state index is 0.117. The molecule has 1 atom stereocenters. The van der Waals surface area contributed by atoms with Crippen LogP contribution >= 0.6 is 0 Å². The van der Waals surface area contributed by atoms with Crippen molar-refractivity contribution in [3.05, 3.63) is 65.1 Å². The first-order chi connectivity index (χ1) is 12.0. The third-order valence-electron chi connectivity index (χ3n) is 4.62. The van der Waals surface area contributed by atoms with Gasteiger partial charge in [0.1, 0.15) is 23.4 Å². The number of nitrogens with two attached hydrogens (primary N) is 1. The molecule has 5 heteroatoms. The summed E-state index contributed by atoms with van der Waals surface area (Å²) in [7, 11) is 2.05. The number of primary amides is 1. The number of fused-ring (bicyclic) bond motifs is 2. The van der Waals surface area contributed by atoms with Gasteiger partial charge in [0.15, 0.2) is 0 Å². The first kappa shape index (κ1) is 15.7. The fourth-order valence-electron chi connectivity index (χ4n) is 3.51. The number of rotatable bonds is 3. The van der Waals surface area contributed by atoms with Crippen molar-refractivity contribution in [2.24, 2.45) is 5.73 Å². The fourth-order valence-corrected chi connectivity index (χ4v) is 3.51. The van der Waals surface area contributed by atoms with Crippen LogP contribution in [0.25, 0.3) is 10.8 Å². The van der Waals surface area contributed by atoms with Gasteiger partial charge in [-0.3, -0.25) is 9.69 Å². The second-order valence-corrected chi connectivity index (χ2v) is 6.56. The Morgan fingerprint density at radius 2 is 2.00 bits per heavy atom. The first-order valence-corrected chi connectivity index (χ1v) is 8.29. The molecule has 1 amide bonds. The lowest BCUT2D eigenvalue weighted by molar-refractivity contribution is 0.100. The lowest BCUT2D eigenvalue weighted by atomic mass is 10.0. The van der Waals surface area contributed by atoms with Gasteiger partial charge in [-0.1, -0.05) is 24.3 Å². The Morgan fingerprint density at radius 1 is 1.24 bits per heavy atom. The fraction of sp³-hybridized carbons (Fsp3) is 0.250. The van der Waals surface area contributed by atoms with Gasteiger partial charge in [0.25, 0.3) is 0 Å². The highest BCUT2D eigenvalue weighted by molar-refractivity contribution is 6.07. The molecule has 5 nitrogen and oxygen atoms in total. The second kappa shape index (κ2) is 5.93. The Bertz CT molecular complexity index is 961. The molecule has 1 unspecified atom stereocenters. The van der Waals surface area contributed by atoms with E-state index in [1.165, 1.54) is 0 Å². The highest BCUT2D eigenvalue weighted by Crippen LogP contribution is 2.36. The van der Waals surface area contributed by atoms with Crippen LogP contribution in [0, 0.1) is 6.92 Å². The number of carbonyl (C=O) groups is 1. The van der Waals surface area contributed by atoms with Gasteiger partial charge in [-0.2, -0.15) is 0 Å². The van der Waals surface area contributed by atoms with Crippen LogP contribution < -0.4 is 10.5 Å². The molecule has 2 heterocycles. The maximum absolute atomic E-state index is 11.7. The molecule has 2 aromatic carbocycles. The van der Waals surface area contributed by atoms with Crippen molar-refractivity contribution < 1.29 is 13.9 Å². The van der Waals surface area contributed by atoms with Crippen molar-refractivity contribution in [1.82, 2.24) is 4.90 Å². The monoisotopic (exact) mass is 336 g/mol.